The van der Waals surface area contributed by atoms with Gasteiger partial charge < -0.3 is 32.2 Å². The summed E-state index contributed by atoms with van der Waals surface area (Å²) in [5.74, 6) is 2.26. The van der Waals surface area contributed by atoms with E-state index < -0.39 is 9.84 Å². The molecule has 0 unspecified atom stereocenters. The van der Waals surface area contributed by atoms with Gasteiger partial charge in [0, 0.05) is 41.5 Å². The van der Waals surface area contributed by atoms with E-state index in [4.69, 9.17) is 9.15 Å². The van der Waals surface area contributed by atoms with E-state index >= 15 is 0 Å². The molecule has 5 aromatic rings. The molecule has 2 heterocycles. The standard InChI is InChI=1S/C29H28N4O4S.ClH/c1-38(34,35)16-14-30-18-23-13-15-36-28(23)22-7-12-27-26(17-22)29(32-20-31-27)33-24-8-10-25(11-9-24)37-19-21-5-3-2-4-6-21;/h2-13,15,17,20,30H,14,16,18-19H2,1H3,(H,31,32,33);1H/p-1. The molecule has 0 aliphatic heterocycles. The Kier molecular flexibility index (Phi) is 9.19. The Bertz CT molecular complexity index is 1620. The highest BCUT2D eigenvalue weighted by Gasteiger charge is 2.13. The molecule has 0 atom stereocenters. The third-order valence-electron chi connectivity index (χ3n) is 5.97. The van der Waals surface area contributed by atoms with Gasteiger partial charge in [0.1, 0.15) is 40.1 Å². The first kappa shape index (κ1) is 28.1. The van der Waals surface area contributed by atoms with Crippen LogP contribution in [0.15, 0.2) is 95.9 Å². The van der Waals surface area contributed by atoms with Crippen molar-refractivity contribution in [2.45, 2.75) is 13.2 Å². The van der Waals surface area contributed by atoms with Crippen LogP contribution in [0.1, 0.15) is 11.1 Å². The fourth-order valence-electron chi connectivity index (χ4n) is 4.02. The van der Waals surface area contributed by atoms with Crippen molar-refractivity contribution < 1.29 is 30.0 Å². The van der Waals surface area contributed by atoms with E-state index in [1.165, 1.54) is 12.6 Å². The maximum Gasteiger partial charge on any atom is 0.148 e. The number of nitrogens with one attached hydrogen (secondary N) is 2. The molecule has 5 rings (SSSR count). The summed E-state index contributed by atoms with van der Waals surface area (Å²) in [6.45, 7) is 1.38. The number of ether oxygens (including phenoxy) is 1. The highest BCUT2D eigenvalue weighted by Crippen LogP contribution is 2.31. The second kappa shape index (κ2) is 12.8. The van der Waals surface area contributed by atoms with E-state index in [1.54, 1.807) is 6.26 Å². The Morgan fingerprint density at radius 1 is 0.949 bits per heavy atom. The fourth-order valence-corrected chi connectivity index (χ4v) is 4.53. The molecule has 0 aliphatic rings. The summed E-state index contributed by atoms with van der Waals surface area (Å²) in [5, 5.41) is 7.41. The van der Waals surface area contributed by atoms with Gasteiger partial charge in [0.25, 0.3) is 0 Å². The van der Waals surface area contributed by atoms with Crippen LogP contribution >= 0.6 is 0 Å². The van der Waals surface area contributed by atoms with Crippen LogP contribution in [0.2, 0.25) is 0 Å². The molecule has 0 saturated carbocycles. The van der Waals surface area contributed by atoms with Crippen molar-refractivity contribution in [2.24, 2.45) is 0 Å². The van der Waals surface area contributed by atoms with Crippen molar-refractivity contribution in [2.75, 3.05) is 23.9 Å². The number of benzene rings is 3. The topological polar surface area (TPSA) is 106 Å². The van der Waals surface area contributed by atoms with Crippen molar-refractivity contribution in [3.8, 4) is 17.1 Å². The lowest BCUT2D eigenvalue weighted by Crippen LogP contribution is -3.00. The lowest BCUT2D eigenvalue weighted by Gasteiger charge is -2.11. The number of hydrogen-bond donors (Lipinski definition) is 2. The molecule has 3 aromatic carbocycles. The van der Waals surface area contributed by atoms with E-state index in [9.17, 15) is 8.42 Å². The summed E-state index contributed by atoms with van der Waals surface area (Å²) < 4.78 is 34.4. The normalized spacial score (nSPS) is 11.2. The Morgan fingerprint density at radius 2 is 1.74 bits per heavy atom. The van der Waals surface area contributed by atoms with Gasteiger partial charge in [0.2, 0.25) is 0 Å². The van der Waals surface area contributed by atoms with E-state index in [-0.39, 0.29) is 18.2 Å². The van der Waals surface area contributed by atoms with Gasteiger partial charge in [0.05, 0.1) is 17.5 Å². The Hall–Kier alpha value is -3.92. The number of sulfone groups is 1. The first-order valence-corrected chi connectivity index (χ1v) is 14.2. The number of rotatable bonds is 11. The van der Waals surface area contributed by atoms with Crippen LogP contribution in [0, 0.1) is 0 Å². The highest BCUT2D eigenvalue weighted by molar-refractivity contribution is 7.90. The van der Waals surface area contributed by atoms with Crippen molar-refractivity contribution in [3.05, 3.63) is 103 Å². The van der Waals surface area contributed by atoms with Crippen molar-refractivity contribution in [1.82, 2.24) is 15.3 Å². The molecule has 202 valence electrons. The number of nitrogens with zero attached hydrogens (tertiary/aromatic N) is 2. The van der Waals surface area contributed by atoms with Crippen LogP contribution in [0.3, 0.4) is 0 Å². The van der Waals surface area contributed by atoms with Gasteiger partial charge in [0.15, 0.2) is 0 Å². The minimum Gasteiger partial charge on any atom is -1.00 e. The molecule has 0 saturated heterocycles. The first-order chi connectivity index (χ1) is 18.4. The first-order valence-electron chi connectivity index (χ1n) is 12.2. The second-order valence-electron chi connectivity index (χ2n) is 8.96. The fraction of sp³-hybridized carbons (Fsp3) is 0.172. The lowest BCUT2D eigenvalue weighted by atomic mass is 10.1. The number of anilines is 2. The summed E-state index contributed by atoms with van der Waals surface area (Å²) >= 11 is 0. The molecule has 0 fully saturated rings. The SMILES string of the molecule is CS(=O)(=O)CCNCc1ccoc1-c1ccc2ncnc(Nc3ccc(OCc4ccccc4)cc3)c2c1.[Cl-]. The van der Waals surface area contributed by atoms with Gasteiger partial charge in [-0.25, -0.2) is 18.4 Å². The largest absolute Gasteiger partial charge is 1.00 e. The average molecular weight is 564 g/mol. The van der Waals surface area contributed by atoms with E-state index in [0.29, 0.717) is 31.3 Å². The monoisotopic (exact) mass is 563 g/mol. The highest BCUT2D eigenvalue weighted by atomic mass is 35.5. The number of halogens is 1. The van der Waals surface area contributed by atoms with Crippen LogP contribution in [0.4, 0.5) is 11.5 Å². The molecule has 0 bridgehead atoms. The minimum atomic E-state index is -3.01. The zero-order valence-corrected chi connectivity index (χ0v) is 22.9. The molecular formula is C29H28ClN4O4S-. The van der Waals surface area contributed by atoms with Crippen LogP contribution in [-0.4, -0.2) is 36.9 Å². The summed E-state index contributed by atoms with van der Waals surface area (Å²) in [4.78, 5) is 8.88. The van der Waals surface area contributed by atoms with Gasteiger partial charge in [-0.1, -0.05) is 30.3 Å². The summed E-state index contributed by atoms with van der Waals surface area (Å²) in [5.41, 5.74) is 4.60. The predicted molar refractivity (Wildman–Crippen MR) is 149 cm³/mol. The maximum absolute atomic E-state index is 11.4. The van der Waals surface area contributed by atoms with Crippen LogP contribution in [-0.2, 0) is 23.0 Å². The number of hydrogen-bond acceptors (Lipinski definition) is 8. The molecule has 0 radical (unpaired) electrons. The number of furan rings is 1. The summed E-state index contributed by atoms with van der Waals surface area (Å²) in [7, 11) is -3.01. The Labute approximate surface area is 233 Å². The smallest absolute Gasteiger partial charge is 0.148 e. The van der Waals surface area contributed by atoms with E-state index in [1.807, 2.05) is 78.9 Å². The summed E-state index contributed by atoms with van der Waals surface area (Å²) in [6.07, 6.45) is 4.40. The third kappa shape index (κ3) is 7.57. The molecule has 0 spiro atoms. The second-order valence-corrected chi connectivity index (χ2v) is 11.2. The lowest BCUT2D eigenvalue weighted by molar-refractivity contribution is -0.0000109. The number of fused-ring (bicyclic) bond motifs is 1. The summed E-state index contributed by atoms with van der Waals surface area (Å²) in [6, 6.07) is 25.6. The van der Waals surface area contributed by atoms with Crippen LogP contribution in [0.25, 0.3) is 22.2 Å². The van der Waals surface area contributed by atoms with E-state index in [2.05, 4.69) is 20.6 Å². The minimum absolute atomic E-state index is 0. The van der Waals surface area contributed by atoms with Gasteiger partial charge in [-0.3, -0.25) is 0 Å². The number of aromatic nitrogens is 2. The van der Waals surface area contributed by atoms with Crippen LogP contribution in [0.5, 0.6) is 5.75 Å². The molecule has 0 amide bonds. The average Bonchev–Trinajstić information content (AvgIpc) is 3.39. The van der Waals surface area contributed by atoms with Crippen LogP contribution < -0.4 is 27.8 Å². The van der Waals surface area contributed by atoms with Gasteiger partial charge in [-0.2, -0.15) is 0 Å². The molecule has 39 heavy (non-hydrogen) atoms. The molecule has 0 aliphatic carbocycles. The zero-order chi connectivity index (χ0) is 26.4. The van der Waals surface area contributed by atoms with Crippen molar-refractivity contribution in [3.63, 3.8) is 0 Å². The van der Waals surface area contributed by atoms with Gasteiger partial charge in [-0.15, -0.1) is 0 Å². The third-order valence-corrected chi connectivity index (χ3v) is 6.92. The molecule has 8 nitrogen and oxygen atoms in total. The van der Waals surface area contributed by atoms with Gasteiger partial charge in [-0.05, 0) is 54.1 Å². The zero-order valence-electron chi connectivity index (χ0n) is 21.3. The maximum atomic E-state index is 11.4. The van der Waals surface area contributed by atoms with Crippen molar-refractivity contribution in [1.29, 1.82) is 0 Å². The van der Waals surface area contributed by atoms with E-state index in [0.717, 1.165) is 39.0 Å². The Morgan fingerprint density at radius 3 is 2.51 bits per heavy atom. The molecular weight excluding hydrogens is 536 g/mol. The van der Waals surface area contributed by atoms with Crippen molar-refractivity contribution >= 4 is 32.2 Å². The Balaban J connectivity index is 0.00000353. The molecule has 2 aromatic heterocycles. The quantitative estimate of drug-likeness (QED) is 0.236. The van der Waals surface area contributed by atoms with Gasteiger partial charge >= 0.3 is 0 Å². The molecule has 10 heteroatoms. The predicted octanol–water partition coefficient (Wildman–Crippen LogP) is 2.35. The molecule has 2 N–H and O–H groups in total.